The lowest BCUT2D eigenvalue weighted by molar-refractivity contribution is -0.139. The predicted octanol–water partition coefficient (Wildman–Crippen LogP) is 4.64. The molecule has 4 aliphatic rings. The molecule has 0 spiro atoms. The molecule has 1 N–H and O–H groups in total. The first kappa shape index (κ1) is 22.6. The highest BCUT2D eigenvalue weighted by Crippen LogP contribution is 2.56. The van der Waals surface area contributed by atoms with E-state index < -0.39 is 5.97 Å². The van der Waals surface area contributed by atoms with Crippen LogP contribution in [0.4, 0.5) is 5.69 Å². The molecule has 6 heteroatoms. The fourth-order valence-corrected chi connectivity index (χ4v) is 7.08. The van der Waals surface area contributed by atoms with Gasteiger partial charge in [0.2, 0.25) is 5.91 Å². The van der Waals surface area contributed by atoms with E-state index in [9.17, 15) is 14.7 Å². The van der Waals surface area contributed by atoms with Crippen LogP contribution in [-0.4, -0.2) is 54.7 Å². The van der Waals surface area contributed by atoms with E-state index in [1.54, 1.807) is 6.07 Å². The minimum atomic E-state index is -0.901. The van der Waals surface area contributed by atoms with Gasteiger partial charge in [-0.25, -0.2) is 4.79 Å². The summed E-state index contributed by atoms with van der Waals surface area (Å²) in [4.78, 5) is 30.0. The second-order valence-corrected chi connectivity index (χ2v) is 10.6. The van der Waals surface area contributed by atoms with Crippen molar-refractivity contribution in [3.63, 3.8) is 0 Å². The summed E-state index contributed by atoms with van der Waals surface area (Å²) in [5, 5.41) is 9.76. The van der Waals surface area contributed by atoms with Crippen molar-refractivity contribution in [3.05, 3.63) is 64.7 Å². The molecule has 0 aromatic heterocycles. The number of anilines is 1. The number of aromatic carboxylic acids is 1. The molecule has 6 rings (SSSR count). The highest BCUT2D eigenvalue weighted by atomic mass is 16.5. The van der Waals surface area contributed by atoms with Crippen LogP contribution in [-0.2, 0) is 16.0 Å². The van der Waals surface area contributed by atoms with Crippen LogP contribution in [0.25, 0.3) is 0 Å². The third kappa shape index (κ3) is 4.02. The number of hydrogen-bond acceptors (Lipinski definition) is 4. The van der Waals surface area contributed by atoms with Crippen molar-refractivity contribution in [1.82, 2.24) is 4.90 Å². The van der Waals surface area contributed by atoms with E-state index in [-0.39, 0.29) is 17.9 Å². The van der Waals surface area contributed by atoms with E-state index >= 15 is 0 Å². The molecule has 2 fully saturated rings. The number of fused-ring (bicyclic) bond motifs is 5. The zero-order valence-electron chi connectivity index (χ0n) is 20.2. The van der Waals surface area contributed by atoms with E-state index in [0.29, 0.717) is 50.2 Å². The Kier molecular flexibility index (Phi) is 6.01. The van der Waals surface area contributed by atoms with Crippen LogP contribution < -0.4 is 4.90 Å². The van der Waals surface area contributed by atoms with Gasteiger partial charge in [-0.05, 0) is 54.0 Å². The molecule has 2 aromatic carbocycles. The predicted molar refractivity (Wildman–Crippen MR) is 134 cm³/mol. The second kappa shape index (κ2) is 9.30. The Morgan fingerprint density at radius 1 is 0.943 bits per heavy atom. The zero-order valence-corrected chi connectivity index (χ0v) is 20.2. The first-order valence-corrected chi connectivity index (χ1v) is 13.2. The van der Waals surface area contributed by atoms with Crippen LogP contribution in [0.5, 0.6) is 0 Å². The lowest BCUT2D eigenvalue weighted by atomic mass is 9.73. The maximum absolute atomic E-state index is 13.7. The van der Waals surface area contributed by atoms with Crippen molar-refractivity contribution in [1.29, 1.82) is 0 Å². The maximum atomic E-state index is 13.7. The number of rotatable bonds is 3. The quantitative estimate of drug-likeness (QED) is 0.702. The number of ether oxygens (including phenoxy) is 1. The fraction of sp³-hybridized carbons (Fsp3) is 0.517. The van der Waals surface area contributed by atoms with Crippen LogP contribution in [0.2, 0.25) is 0 Å². The number of nitrogens with zero attached hydrogens (tertiary/aromatic N) is 2. The molecule has 184 valence electrons. The van der Waals surface area contributed by atoms with Crippen LogP contribution in [0, 0.1) is 11.8 Å². The minimum Gasteiger partial charge on any atom is -0.478 e. The lowest BCUT2D eigenvalue weighted by Gasteiger charge is -2.36. The van der Waals surface area contributed by atoms with Gasteiger partial charge in [-0.15, -0.1) is 0 Å². The van der Waals surface area contributed by atoms with E-state index in [1.165, 1.54) is 48.8 Å². The van der Waals surface area contributed by atoms with Gasteiger partial charge < -0.3 is 19.6 Å². The first-order valence-electron chi connectivity index (χ1n) is 13.2. The summed E-state index contributed by atoms with van der Waals surface area (Å²) in [6, 6.07) is 14.5. The van der Waals surface area contributed by atoms with E-state index in [0.717, 1.165) is 12.1 Å². The van der Waals surface area contributed by atoms with Crippen LogP contribution in [0.1, 0.15) is 71.1 Å². The van der Waals surface area contributed by atoms with Gasteiger partial charge in [0.05, 0.1) is 30.7 Å². The van der Waals surface area contributed by atoms with E-state index in [4.69, 9.17) is 4.74 Å². The summed E-state index contributed by atoms with van der Waals surface area (Å²) in [7, 11) is 0. The van der Waals surface area contributed by atoms with Gasteiger partial charge in [0, 0.05) is 31.2 Å². The van der Waals surface area contributed by atoms with Gasteiger partial charge in [0.1, 0.15) is 0 Å². The molecular weight excluding hydrogens is 440 g/mol. The van der Waals surface area contributed by atoms with Crippen molar-refractivity contribution in [2.75, 3.05) is 37.7 Å². The molecule has 0 bridgehead atoms. The molecule has 1 aliphatic carbocycles. The fourth-order valence-electron chi connectivity index (χ4n) is 7.08. The number of carboxylic acids is 1. The van der Waals surface area contributed by atoms with Crippen LogP contribution in [0.15, 0.2) is 42.5 Å². The van der Waals surface area contributed by atoms with Crippen molar-refractivity contribution < 1.29 is 19.4 Å². The Morgan fingerprint density at radius 3 is 2.49 bits per heavy atom. The smallest absolute Gasteiger partial charge is 0.335 e. The van der Waals surface area contributed by atoms with Crippen LogP contribution in [0.3, 0.4) is 0 Å². The summed E-state index contributed by atoms with van der Waals surface area (Å²) < 4.78 is 5.49. The molecule has 3 atom stereocenters. The Hall–Kier alpha value is -2.86. The average molecular weight is 475 g/mol. The van der Waals surface area contributed by atoms with Gasteiger partial charge in [-0.3, -0.25) is 4.79 Å². The zero-order chi connectivity index (χ0) is 23.9. The molecule has 1 saturated heterocycles. The second-order valence-electron chi connectivity index (χ2n) is 10.6. The maximum Gasteiger partial charge on any atom is 0.335 e. The minimum absolute atomic E-state index is 0.149. The van der Waals surface area contributed by atoms with Gasteiger partial charge >= 0.3 is 5.97 Å². The molecule has 3 unspecified atom stereocenters. The Balaban J connectivity index is 1.46. The number of carbonyl (C=O) groups excluding carboxylic acids is 1. The van der Waals surface area contributed by atoms with Gasteiger partial charge in [-0.2, -0.15) is 0 Å². The molecule has 1 amide bonds. The van der Waals surface area contributed by atoms with Crippen molar-refractivity contribution >= 4 is 17.6 Å². The molecule has 1 saturated carbocycles. The SMILES string of the molecule is O=C(O)c1ccc2c(c1)N1CC(C(=O)N3CCOCC3)Cc3ccccc3C1C2C1CCCCC1. The average Bonchev–Trinajstić information content (AvgIpc) is 3.11. The molecule has 6 nitrogen and oxygen atoms in total. The normalized spacial score (nSPS) is 26.5. The number of hydrogen-bond donors (Lipinski definition) is 1. The topological polar surface area (TPSA) is 70.1 Å². The molecule has 3 heterocycles. The molecule has 35 heavy (non-hydrogen) atoms. The number of morpholine rings is 1. The van der Waals surface area contributed by atoms with Gasteiger partial charge in [-0.1, -0.05) is 49.6 Å². The Bertz CT molecular complexity index is 1120. The van der Waals surface area contributed by atoms with Crippen molar-refractivity contribution in [2.45, 2.75) is 50.5 Å². The first-order chi connectivity index (χ1) is 17.1. The number of benzene rings is 2. The number of carboxylic acid groups (broad SMARTS) is 1. The third-order valence-corrected chi connectivity index (χ3v) is 8.71. The molecule has 0 radical (unpaired) electrons. The van der Waals surface area contributed by atoms with E-state index in [1.807, 2.05) is 11.0 Å². The van der Waals surface area contributed by atoms with Crippen LogP contribution >= 0.6 is 0 Å². The van der Waals surface area contributed by atoms with Gasteiger partial charge in [0.15, 0.2) is 0 Å². The van der Waals surface area contributed by atoms with Crippen molar-refractivity contribution in [3.8, 4) is 0 Å². The number of carbonyl (C=O) groups is 2. The van der Waals surface area contributed by atoms with Gasteiger partial charge in [0.25, 0.3) is 0 Å². The number of amides is 1. The summed E-state index contributed by atoms with van der Waals surface area (Å²) in [5.74, 6) is 0.0346. The standard InChI is InChI=1S/C29H34N2O4/c32-28(30-12-14-35-15-13-30)22-16-20-8-4-5-9-23(20)27-26(19-6-2-1-3-7-19)24-11-10-21(29(33)34)17-25(24)31(27)18-22/h4-5,8-11,17,19,22,26-27H,1-3,6-7,12-16,18H2,(H,33,34). The lowest BCUT2D eigenvalue weighted by Crippen LogP contribution is -2.46. The van der Waals surface area contributed by atoms with Crippen molar-refractivity contribution in [2.24, 2.45) is 11.8 Å². The Labute approximate surface area is 206 Å². The Morgan fingerprint density at radius 2 is 1.71 bits per heavy atom. The largest absolute Gasteiger partial charge is 0.478 e. The summed E-state index contributed by atoms with van der Waals surface area (Å²) in [6.07, 6.45) is 6.98. The summed E-state index contributed by atoms with van der Waals surface area (Å²) >= 11 is 0. The highest BCUT2D eigenvalue weighted by Gasteiger charge is 2.47. The molecular formula is C29H34N2O4. The highest BCUT2D eigenvalue weighted by molar-refractivity contribution is 5.90. The van der Waals surface area contributed by atoms with E-state index in [2.05, 4.69) is 35.2 Å². The summed E-state index contributed by atoms with van der Waals surface area (Å²) in [6.45, 7) is 3.09. The molecule has 3 aliphatic heterocycles. The molecule has 2 aromatic rings. The summed E-state index contributed by atoms with van der Waals surface area (Å²) in [5.41, 5.74) is 5.18. The third-order valence-electron chi connectivity index (χ3n) is 8.71. The monoisotopic (exact) mass is 474 g/mol.